The van der Waals surface area contributed by atoms with E-state index in [4.69, 9.17) is 9.68 Å². The lowest BCUT2D eigenvalue weighted by molar-refractivity contribution is 0.403. The molecular formula is C10H12BrNO. The van der Waals surface area contributed by atoms with Gasteiger partial charge >= 0.3 is 0 Å². The van der Waals surface area contributed by atoms with Gasteiger partial charge in [0.1, 0.15) is 11.8 Å². The Hall–Kier alpha value is -0.750. The number of hydrogen-bond acceptors (Lipinski definition) is 2. The molecule has 0 unspecified atom stereocenters. The van der Waals surface area contributed by atoms with Crippen molar-refractivity contribution in [2.45, 2.75) is 31.5 Å². The molecule has 0 bridgehead atoms. The third-order valence-electron chi connectivity index (χ3n) is 1.79. The third-order valence-corrected chi connectivity index (χ3v) is 2.40. The summed E-state index contributed by atoms with van der Waals surface area (Å²) in [5, 5.41) is 9.43. The van der Waals surface area contributed by atoms with E-state index in [1.54, 1.807) is 0 Å². The van der Waals surface area contributed by atoms with Gasteiger partial charge in [-0.25, -0.2) is 0 Å². The average molecular weight is 242 g/mol. The predicted octanol–water partition coefficient (Wildman–Crippen LogP) is 3.34. The lowest BCUT2D eigenvalue weighted by atomic mass is 9.93. The zero-order valence-electron chi connectivity index (χ0n) is 8.02. The second-order valence-corrected chi connectivity index (χ2v) is 4.52. The highest BCUT2D eigenvalue weighted by atomic mass is 79.9. The van der Waals surface area contributed by atoms with Crippen molar-refractivity contribution in [1.29, 1.82) is 5.26 Å². The number of furan rings is 1. The van der Waals surface area contributed by atoms with Crippen LogP contribution in [-0.2, 0) is 10.7 Å². The van der Waals surface area contributed by atoms with Gasteiger partial charge in [0.15, 0.2) is 0 Å². The molecule has 13 heavy (non-hydrogen) atoms. The van der Waals surface area contributed by atoms with Gasteiger partial charge in [0.05, 0.1) is 0 Å². The number of nitriles is 1. The summed E-state index contributed by atoms with van der Waals surface area (Å²) in [6, 6.07) is 3.98. The van der Waals surface area contributed by atoms with Crippen molar-refractivity contribution >= 4 is 15.9 Å². The highest BCUT2D eigenvalue weighted by Gasteiger charge is 2.20. The molecular weight excluding hydrogens is 230 g/mol. The van der Waals surface area contributed by atoms with Crippen LogP contribution in [0.25, 0.3) is 0 Å². The first-order valence-electron chi connectivity index (χ1n) is 4.08. The van der Waals surface area contributed by atoms with Gasteiger partial charge in [0, 0.05) is 16.3 Å². The van der Waals surface area contributed by atoms with Gasteiger partial charge in [0.2, 0.25) is 5.76 Å². The van der Waals surface area contributed by atoms with Crippen LogP contribution in [0.4, 0.5) is 0 Å². The Morgan fingerprint density at radius 2 is 2.15 bits per heavy atom. The van der Waals surface area contributed by atoms with Crippen LogP contribution in [0.2, 0.25) is 0 Å². The molecule has 1 aromatic rings. The molecule has 1 rings (SSSR count). The Morgan fingerprint density at radius 1 is 1.54 bits per heavy atom. The van der Waals surface area contributed by atoms with Crippen LogP contribution in [-0.4, -0.2) is 0 Å². The molecule has 0 fully saturated rings. The molecule has 0 aliphatic rings. The minimum atomic E-state index is -0.0357. The molecule has 0 saturated carbocycles. The summed E-state index contributed by atoms with van der Waals surface area (Å²) in [6.07, 6.45) is 0. The Balaban J connectivity index is 3.16. The molecule has 1 heterocycles. The number of halogens is 1. The number of alkyl halides is 1. The second-order valence-electron chi connectivity index (χ2n) is 3.96. The Labute approximate surface area is 86.7 Å². The highest BCUT2D eigenvalue weighted by molar-refractivity contribution is 9.08. The summed E-state index contributed by atoms with van der Waals surface area (Å²) in [6.45, 7) is 6.18. The lowest BCUT2D eigenvalue weighted by Crippen LogP contribution is -2.09. The van der Waals surface area contributed by atoms with Crippen LogP contribution < -0.4 is 0 Å². The molecule has 0 spiro atoms. The standard InChI is InChI=1S/C10H12BrNO/c1-10(2,3)9-4-7(5-11)8(6-12)13-9/h4H,5H2,1-3H3. The molecule has 0 amide bonds. The molecule has 0 aliphatic heterocycles. The van der Waals surface area contributed by atoms with E-state index in [0.717, 1.165) is 11.3 Å². The minimum Gasteiger partial charge on any atom is -0.450 e. The Bertz CT molecular complexity index is 341. The van der Waals surface area contributed by atoms with Gasteiger partial charge in [-0.1, -0.05) is 36.7 Å². The monoisotopic (exact) mass is 241 g/mol. The van der Waals surface area contributed by atoms with Crippen molar-refractivity contribution < 1.29 is 4.42 Å². The summed E-state index contributed by atoms with van der Waals surface area (Å²) < 4.78 is 5.43. The van der Waals surface area contributed by atoms with Crippen molar-refractivity contribution in [1.82, 2.24) is 0 Å². The summed E-state index contributed by atoms with van der Waals surface area (Å²) >= 11 is 3.32. The largest absolute Gasteiger partial charge is 0.450 e. The smallest absolute Gasteiger partial charge is 0.207 e. The molecule has 3 heteroatoms. The first-order chi connectivity index (χ1) is 5.99. The first kappa shape index (κ1) is 10.3. The zero-order chi connectivity index (χ0) is 10.1. The maximum Gasteiger partial charge on any atom is 0.207 e. The average Bonchev–Trinajstić information content (AvgIpc) is 2.45. The van der Waals surface area contributed by atoms with E-state index < -0.39 is 0 Å². The minimum absolute atomic E-state index is 0.0357. The van der Waals surface area contributed by atoms with Gasteiger partial charge < -0.3 is 4.42 Å². The molecule has 0 atom stereocenters. The second kappa shape index (κ2) is 3.55. The maximum absolute atomic E-state index is 8.76. The molecule has 0 saturated heterocycles. The van der Waals surface area contributed by atoms with E-state index in [1.807, 2.05) is 12.1 Å². The summed E-state index contributed by atoms with van der Waals surface area (Å²) in [5.41, 5.74) is 0.888. The Morgan fingerprint density at radius 3 is 2.46 bits per heavy atom. The molecule has 70 valence electrons. The normalized spacial score (nSPS) is 11.3. The molecule has 0 N–H and O–H groups in total. The summed E-state index contributed by atoms with van der Waals surface area (Å²) in [7, 11) is 0. The van der Waals surface area contributed by atoms with Crippen LogP contribution in [0.5, 0.6) is 0 Å². The van der Waals surface area contributed by atoms with Gasteiger partial charge in [-0.2, -0.15) is 5.26 Å². The molecule has 1 aromatic heterocycles. The predicted molar refractivity (Wildman–Crippen MR) is 54.8 cm³/mol. The van der Waals surface area contributed by atoms with Crippen LogP contribution in [0.3, 0.4) is 0 Å². The van der Waals surface area contributed by atoms with Gasteiger partial charge in [0.25, 0.3) is 0 Å². The fourth-order valence-electron chi connectivity index (χ4n) is 0.992. The maximum atomic E-state index is 8.76. The SMILES string of the molecule is CC(C)(C)c1cc(CBr)c(C#N)o1. The van der Waals surface area contributed by atoms with Crippen molar-refractivity contribution in [2.75, 3.05) is 0 Å². The van der Waals surface area contributed by atoms with E-state index >= 15 is 0 Å². The van der Waals surface area contributed by atoms with E-state index in [9.17, 15) is 0 Å². The van der Waals surface area contributed by atoms with Gasteiger partial charge in [-0.3, -0.25) is 0 Å². The van der Waals surface area contributed by atoms with Crippen LogP contribution in [0, 0.1) is 11.3 Å². The Kier molecular flexibility index (Phi) is 2.82. The van der Waals surface area contributed by atoms with E-state index in [2.05, 4.69) is 36.7 Å². The number of hydrogen-bond donors (Lipinski definition) is 0. The van der Waals surface area contributed by atoms with E-state index in [1.165, 1.54) is 0 Å². The van der Waals surface area contributed by atoms with Crippen LogP contribution >= 0.6 is 15.9 Å². The first-order valence-corrected chi connectivity index (χ1v) is 5.20. The van der Waals surface area contributed by atoms with E-state index in [-0.39, 0.29) is 5.41 Å². The number of nitrogens with zero attached hydrogens (tertiary/aromatic N) is 1. The van der Waals surface area contributed by atoms with Crippen molar-refractivity contribution in [3.8, 4) is 6.07 Å². The lowest BCUT2D eigenvalue weighted by Gasteiger charge is -2.13. The highest BCUT2D eigenvalue weighted by Crippen LogP contribution is 2.27. The number of rotatable bonds is 1. The fraction of sp³-hybridized carbons (Fsp3) is 0.500. The van der Waals surface area contributed by atoms with Gasteiger partial charge in [-0.15, -0.1) is 0 Å². The zero-order valence-corrected chi connectivity index (χ0v) is 9.60. The molecule has 0 aromatic carbocycles. The summed E-state index contributed by atoms with van der Waals surface area (Å²) in [5.74, 6) is 1.28. The van der Waals surface area contributed by atoms with Crippen molar-refractivity contribution in [2.24, 2.45) is 0 Å². The summed E-state index contributed by atoms with van der Waals surface area (Å²) in [4.78, 5) is 0. The molecule has 0 aliphatic carbocycles. The van der Waals surface area contributed by atoms with Crippen LogP contribution in [0.1, 0.15) is 37.9 Å². The van der Waals surface area contributed by atoms with Crippen molar-refractivity contribution in [3.05, 3.63) is 23.2 Å². The quantitative estimate of drug-likeness (QED) is 0.708. The van der Waals surface area contributed by atoms with Gasteiger partial charge in [-0.05, 0) is 6.07 Å². The van der Waals surface area contributed by atoms with Crippen molar-refractivity contribution in [3.63, 3.8) is 0 Å². The fourth-order valence-corrected chi connectivity index (χ4v) is 1.41. The molecule has 0 radical (unpaired) electrons. The molecule has 2 nitrogen and oxygen atoms in total. The third kappa shape index (κ3) is 2.13. The van der Waals surface area contributed by atoms with E-state index in [0.29, 0.717) is 11.1 Å². The van der Waals surface area contributed by atoms with Crippen LogP contribution in [0.15, 0.2) is 10.5 Å². The topological polar surface area (TPSA) is 36.9 Å².